The van der Waals surface area contributed by atoms with Crippen molar-refractivity contribution in [3.8, 4) is 0 Å². The van der Waals surface area contributed by atoms with Crippen LogP contribution in [-0.4, -0.2) is 72.2 Å². The highest BCUT2D eigenvalue weighted by molar-refractivity contribution is 6.03. The molecule has 200 valence electrons. The second-order valence-corrected chi connectivity index (χ2v) is 9.38. The van der Waals surface area contributed by atoms with Gasteiger partial charge in [0.25, 0.3) is 11.8 Å². The Morgan fingerprint density at radius 3 is 1.68 bits per heavy atom. The van der Waals surface area contributed by atoms with Crippen LogP contribution in [0.15, 0.2) is 60.3 Å². The first-order chi connectivity index (χ1) is 18.0. The number of aryl methyl sites for hydroxylation is 2. The molecule has 1 saturated heterocycles. The molecule has 2 atom stereocenters. The molecule has 2 heterocycles. The van der Waals surface area contributed by atoms with Gasteiger partial charge in [-0.25, -0.2) is 9.59 Å². The van der Waals surface area contributed by atoms with Crippen molar-refractivity contribution in [2.75, 3.05) is 20.8 Å². The van der Waals surface area contributed by atoms with Gasteiger partial charge in [-0.15, -0.1) is 0 Å². The maximum Gasteiger partial charge on any atom is 0.329 e. The van der Waals surface area contributed by atoms with E-state index in [1.165, 1.54) is 24.0 Å². The topological polar surface area (TPSA) is 110 Å². The van der Waals surface area contributed by atoms with Crippen LogP contribution in [0.5, 0.6) is 0 Å². The van der Waals surface area contributed by atoms with E-state index in [4.69, 9.17) is 4.74 Å². The maximum absolute atomic E-state index is 12.4. The summed E-state index contributed by atoms with van der Waals surface area (Å²) >= 11 is 0. The monoisotopic (exact) mass is 520 g/mol. The second kappa shape index (κ2) is 12.3. The Hall–Kier alpha value is -4.27. The van der Waals surface area contributed by atoms with Crippen molar-refractivity contribution in [2.24, 2.45) is 0 Å². The normalized spacial score (nSPS) is 18.3. The summed E-state index contributed by atoms with van der Waals surface area (Å²) in [6.45, 7) is 5.75. The Kier molecular flexibility index (Phi) is 9.17. The number of esters is 2. The van der Waals surface area contributed by atoms with Crippen LogP contribution in [0.4, 0.5) is 0 Å². The molecular weight excluding hydrogens is 488 g/mol. The molecule has 2 aliphatic rings. The minimum Gasteiger partial charge on any atom is -0.467 e. The lowest BCUT2D eigenvalue weighted by Gasteiger charge is -2.21. The van der Waals surface area contributed by atoms with Gasteiger partial charge < -0.3 is 19.3 Å². The third-order valence-electron chi connectivity index (χ3n) is 6.39. The third kappa shape index (κ3) is 6.53. The van der Waals surface area contributed by atoms with Crippen molar-refractivity contribution < 1.29 is 33.4 Å². The third-order valence-corrected chi connectivity index (χ3v) is 6.39. The molecule has 9 heteroatoms. The van der Waals surface area contributed by atoms with Crippen LogP contribution in [0.25, 0.3) is 0 Å². The van der Waals surface area contributed by atoms with Gasteiger partial charge in [0.1, 0.15) is 12.1 Å². The number of hydrogen-bond donors (Lipinski definition) is 0. The molecule has 0 saturated carbocycles. The van der Waals surface area contributed by atoms with Crippen molar-refractivity contribution in [3.63, 3.8) is 0 Å². The molecule has 2 amide bonds. The largest absolute Gasteiger partial charge is 0.467 e. The van der Waals surface area contributed by atoms with Crippen LogP contribution in [-0.2, 0) is 23.9 Å². The van der Waals surface area contributed by atoms with E-state index in [2.05, 4.69) is 4.74 Å². The highest BCUT2D eigenvalue weighted by Crippen LogP contribution is 2.24. The number of carbonyl (C=O) groups is 5. The minimum atomic E-state index is -0.800. The summed E-state index contributed by atoms with van der Waals surface area (Å²) in [5, 5.41) is 0. The maximum atomic E-state index is 12.4. The fraction of sp³-hybridized carbons (Fsp3) is 0.345. The van der Waals surface area contributed by atoms with Crippen LogP contribution >= 0.6 is 0 Å². The Morgan fingerprint density at radius 2 is 1.18 bits per heavy atom. The molecule has 0 radical (unpaired) electrons. The molecule has 0 unspecified atom stereocenters. The number of nitrogens with zero attached hydrogens (tertiary/aromatic N) is 2. The molecule has 38 heavy (non-hydrogen) atoms. The summed E-state index contributed by atoms with van der Waals surface area (Å²) in [6.07, 6.45) is 2.29. The van der Waals surface area contributed by atoms with Gasteiger partial charge in [-0.1, -0.05) is 41.0 Å². The number of methoxy groups -OCH3 is 2. The molecule has 0 bridgehead atoms. The smallest absolute Gasteiger partial charge is 0.329 e. The van der Waals surface area contributed by atoms with E-state index < -0.39 is 18.1 Å². The number of amides is 2. The van der Waals surface area contributed by atoms with Gasteiger partial charge >= 0.3 is 11.9 Å². The molecule has 9 nitrogen and oxygen atoms in total. The average Bonchev–Trinajstić information content (AvgIpc) is 3.50. The van der Waals surface area contributed by atoms with E-state index in [1.54, 1.807) is 30.5 Å². The number of hydrogen-bond acceptors (Lipinski definition) is 7. The Bertz CT molecular complexity index is 1250. The van der Waals surface area contributed by atoms with Crippen LogP contribution in [0.1, 0.15) is 51.6 Å². The molecule has 0 aliphatic carbocycles. The fourth-order valence-corrected chi connectivity index (χ4v) is 4.27. The van der Waals surface area contributed by atoms with Crippen molar-refractivity contribution in [1.82, 2.24) is 9.80 Å². The lowest BCUT2D eigenvalue weighted by molar-refractivity contribution is -0.145. The van der Waals surface area contributed by atoms with Crippen LogP contribution in [0.3, 0.4) is 0 Å². The van der Waals surface area contributed by atoms with Gasteiger partial charge in [0, 0.05) is 30.2 Å². The van der Waals surface area contributed by atoms with Gasteiger partial charge in [-0.2, -0.15) is 0 Å². The Balaban J connectivity index is 0.000000211. The number of rotatable bonds is 4. The number of ether oxygens (including phenoxy) is 2. The second-order valence-electron chi connectivity index (χ2n) is 9.38. The first-order valence-electron chi connectivity index (χ1n) is 12.2. The summed E-state index contributed by atoms with van der Waals surface area (Å²) in [5.41, 5.74) is 4.17. The predicted molar refractivity (Wildman–Crippen MR) is 139 cm³/mol. The fourth-order valence-electron chi connectivity index (χ4n) is 4.27. The molecular formula is C29H32N2O7. The Labute approximate surface area is 222 Å². The number of benzene rings is 2. The molecule has 0 spiro atoms. The van der Waals surface area contributed by atoms with Gasteiger partial charge in [0.05, 0.1) is 20.8 Å². The van der Waals surface area contributed by atoms with Crippen LogP contribution in [0, 0.1) is 13.8 Å². The summed E-state index contributed by atoms with van der Waals surface area (Å²) < 4.78 is 9.38. The van der Waals surface area contributed by atoms with E-state index in [-0.39, 0.29) is 36.5 Å². The van der Waals surface area contributed by atoms with Gasteiger partial charge in [0.2, 0.25) is 0 Å². The zero-order valence-electron chi connectivity index (χ0n) is 22.2. The summed E-state index contributed by atoms with van der Waals surface area (Å²) in [5.74, 6) is -1.55. The first kappa shape index (κ1) is 28.3. The molecule has 0 N–H and O–H groups in total. The van der Waals surface area contributed by atoms with Crippen molar-refractivity contribution in [2.45, 2.75) is 45.7 Å². The van der Waals surface area contributed by atoms with Crippen LogP contribution < -0.4 is 0 Å². The predicted octanol–water partition coefficient (Wildman–Crippen LogP) is 3.24. The quantitative estimate of drug-likeness (QED) is 0.569. The van der Waals surface area contributed by atoms with Crippen molar-refractivity contribution >= 4 is 29.5 Å². The SMILES string of the molecule is COC(=O)[C@@H]1CC(=O)CN1C(=O)c1ccc(C)cc1.COC(=O)[C@@H]1CC(C)=CN1C(=O)c1ccc(C)cc1. The highest BCUT2D eigenvalue weighted by Gasteiger charge is 2.39. The lowest BCUT2D eigenvalue weighted by Crippen LogP contribution is -2.41. The highest BCUT2D eigenvalue weighted by atomic mass is 16.5. The molecule has 1 fully saturated rings. The summed E-state index contributed by atoms with van der Waals surface area (Å²) in [6, 6.07) is 13.0. The van der Waals surface area contributed by atoms with E-state index in [0.29, 0.717) is 17.5 Å². The zero-order chi connectivity index (χ0) is 28.0. The van der Waals surface area contributed by atoms with Gasteiger partial charge in [0.15, 0.2) is 5.78 Å². The zero-order valence-corrected chi connectivity index (χ0v) is 22.2. The van der Waals surface area contributed by atoms with E-state index in [1.807, 2.05) is 45.0 Å². The first-order valence-corrected chi connectivity index (χ1v) is 12.2. The average molecular weight is 521 g/mol. The molecule has 2 aromatic rings. The van der Waals surface area contributed by atoms with Crippen molar-refractivity contribution in [1.29, 1.82) is 0 Å². The molecule has 0 aromatic heterocycles. The van der Waals surface area contributed by atoms with E-state index in [0.717, 1.165) is 16.7 Å². The van der Waals surface area contributed by atoms with E-state index in [9.17, 15) is 24.0 Å². The number of carbonyl (C=O) groups excluding carboxylic acids is 5. The minimum absolute atomic E-state index is 0.0320. The number of Topliss-reactive ketones (excluding diaryl/α,β-unsaturated/α-hetero) is 1. The number of likely N-dealkylation sites (tertiary alicyclic amines) is 1. The summed E-state index contributed by atoms with van der Waals surface area (Å²) in [7, 11) is 2.59. The molecule has 2 aliphatic heterocycles. The Morgan fingerprint density at radius 1 is 0.711 bits per heavy atom. The lowest BCUT2D eigenvalue weighted by atomic mass is 10.1. The molecule has 4 rings (SSSR count). The standard InChI is InChI=1S/C15H17NO3.C14H15NO4/c1-10-4-6-12(7-5-10)14(17)16-9-11(2)8-13(16)15(18)19-3;1-9-3-5-10(6-4-9)13(17)15-8-11(16)7-12(15)14(18)19-2/h4-7,9,13H,8H2,1-3H3;3-6,12H,7-8H2,1-2H3/t13-;12-/m00/s1. The van der Waals surface area contributed by atoms with Crippen LogP contribution in [0.2, 0.25) is 0 Å². The number of ketones is 1. The van der Waals surface area contributed by atoms with E-state index >= 15 is 0 Å². The summed E-state index contributed by atoms with van der Waals surface area (Å²) in [4.78, 5) is 62.2. The van der Waals surface area contributed by atoms with Gasteiger partial charge in [-0.05, 0) is 45.0 Å². The van der Waals surface area contributed by atoms with Crippen molar-refractivity contribution in [3.05, 3.63) is 82.6 Å². The van der Waals surface area contributed by atoms with Gasteiger partial charge in [-0.3, -0.25) is 14.4 Å². The molecule has 2 aromatic carbocycles.